The van der Waals surface area contributed by atoms with E-state index in [2.05, 4.69) is 10.6 Å². The van der Waals surface area contributed by atoms with E-state index in [1.165, 1.54) is 24.3 Å². The molecule has 0 fully saturated rings. The molecule has 3 rings (SSSR count). The molecule has 0 aliphatic carbocycles. The van der Waals surface area contributed by atoms with Crippen LogP contribution in [0.25, 0.3) is 10.8 Å². The van der Waals surface area contributed by atoms with Crippen molar-refractivity contribution in [2.24, 2.45) is 0 Å². The SMILES string of the molecule is O=C(Nc1ccc(F)cc1)Nc1cccc2ccccc12. The number of benzene rings is 3. The molecule has 3 nitrogen and oxygen atoms in total. The number of amides is 2. The van der Waals surface area contributed by atoms with Crippen molar-refractivity contribution in [1.82, 2.24) is 0 Å². The molecule has 0 saturated carbocycles. The van der Waals surface area contributed by atoms with E-state index in [1.807, 2.05) is 42.5 Å². The Morgan fingerprint density at radius 2 is 1.52 bits per heavy atom. The van der Waals surface area contributed by atoms with E-state index in [0.29, 0.717) is 5.69 Å². The van der Waals surface area contributed by atoms with Gasteiger partial charge in [-0.25, -0.2) is 9.18 Å². The predicted octanol–water partition coefficient (Wildman–Crippen LogP) is 4.62. The highest BCUT2D eigenvalue weighted by Crippen LogP contribution is 2.23. The lowest BCUT2D eigenvalue weighted by atomic mass is 10.1. The Kier molecular flexibility index (Phi) is 3.51. The number of hydrogen-bond acceptors (Lipinski definition) is 1. The standard InChI is InChI=1S/C17H13FN2O/c18-13-8-10-14(11-9-13)19-17(21)20-16-7-3-5-12-4-1-2-6-15(12)16/h1-11H,(H2,19,20,21). The van der Waals surface area contributed by atoms with Crippen LogP contribution in [0.2, 0.25) is 0 Å². The second kappa shape index (κ2) is 5.63. The summed E-state index contributed by atoms with van der Waals surface area (Å²) in [4.78, 5) is 12.0. The summed E-state index contributed by atoms with van der Waals surface area (Å²) in [6.07, 6.45) is 0. The van der Waals surface area contributed by atoms with Crippen molar-refractivity contribution in [3.8, 4) is 0 Å². The Labute approximate surface area is 121 Å². The Bertz CT molecular complexity index is 779. The van der Waals surface area contributed by atoms with Gasteiger partial charge in [-0.15, -0.1) is 0 Å². The number of anilines is 2. The molecule has 4 heteroatoms. The van der Waals surface area contributed by atoms with Gasteiger partial charge in [-0.05, 0) is 35.7 Å². The molecule has 0 radical (unpaired) electrons. The predicted molar refractivity (Wildman–Crippen MR) is 83.0 cm³/mol. The molecular formula is C17H13FN2O. The first-order valence-electron chi connectivity index (χ1n) is 6.54. The van der Waals surface area contributed by atoms with Gasteiger partial charge in [-0.1, -0.05) is 36.4 Å². The minimum Gasteiger partial charge on any atom is -0.308 e. The van der Waals surface area contributed by atoms with Crippen molar-refractivity contribution in [3.63, 3.8) is 0 Å². The van der Waals surface area contributed by atoms with E-state index < -0.39 is 0 Å². The lowest BCUT2D eigenvalue weighted by Gasteiger charge is -2.10. The van der Waals surface area contributed by atoms with Gasteiger partial charge in [0.25, 0.3) is 0 Å². The maximum Gasteiger partial charge on any atom is 0.323 e. The minimum atomic E-state index is -0.363. The summed E-state index contributed by atoms with van der Waals surface area (Å²) < 4.78 is 12.8. The van der Waals surface area contributed by atoms with Gasteiger partial charge in [-0.3, -0.25) is 0 Å². The van der Waals surface area contributed by atoms with E-state index in [4.69, 9.17) is 0 Å². The van der Waals surface area contributed by atoms with Crippen molar-refractivity contribution >= 4 is 28.2 Å². The summed E-state index contributed by atoms with van der Waals surface area (Å²) in [6, 6.07) is 18.8. The lowest BCUT2D eigenvalue weighted by molar-refractivity contribution is 0.262. The third kappa shape index (κ3) is 3.00. The van der Waals surface area contributed by atoms with Crippen molar-refractivity contribution in [1.29, 1.82) is 0 Å². The van der Waals surface area contributed by atoms with Crippen molar-refractivity contribution in [3.05, 3.63) is 72.5 Å². The molecule has 2 amide bonds. The van der Waals surface area contributed by atoms with Crippen LogP contribution in [0.15, 0.2) is 66.7 Å². The molecule has 0 bridgehead atoms. The van der Waals surface area contributed by atoms with Crippen molar-refractivity contribution in [2.45, 2.75) is 0 Å². The zero-order valence-electron chi connectivity index (χ0n) is 11.1. The molecule has 0 aliphatic heterocycles. The Morgan fingerprint density at radius 3 is 2.33 bits per heavy atom. The summed E-state index contributed by atoms with van der Waals surface area (Å²) in [6.45, 7) is 0. The molecule has 0 saturated heterocycles. The van der Waals surface area contributed by atoms with E-state index in [1.54, 1.807) is 0 Å². The highest BCUT2D eigenvalue weighted by molar-refractivity contribution is 6.06. The van der Waals surface area contributed by atoms with Crippen molar-refractivity contribution in [2.75, 3.05) is 10.6 Å². The van der Waals surface area contributed by atoms with Gasteiger partial charge in [0.1, 0.15) is 5.82 Å². The van der Waals surface area contributed by atoms with Gasteiger partial charge in [0.05, 0.1) is 5.69 Å². The van der Waals surface area contributed by atoms with Gasteiger partial charge in [-0.2, -0.15) is 0 Å². The summed E-state index contributed by atoms with van der Waals surface area (Å²) >= 11 is 0. The van der Waals surface area contributed by atoms with Gasteiger partial charge >= 0.3 is 6.03 Å². The second-order valence-corrected chi connectivity index (χ2v) is 4.61. The third-order valence-electron chi connectivity index (χ3n) is 3.14. The fourth-order valence-electron chi connectivity index (χ4n) is 2.15. The van der Waals surface area contributed by atoms with Crippen LogP contribution in [0, 0.1) is 5.82 Å². The molecule has 0 aliphatic rings. The monoisotopic (exact) mass is 280 g/mol. The maximum atomic E-state index is 12.8. The molecular weight excluding hydrogens is 267 g/mol. The number of fused-ring (bicyclic) bond motifs is 1. The molecule has 21 heavy (non-hydrogen) atoms. The number of halogens is 1. The average molecular weight is 280 g/mol. The highest BCUT2D eigenvalue weighted by atomic mass is 19.1. The van der Waals surface area contributed by atoms with Crippen LogP contribution in [0.3, 0.4) is 0 Å². The first kappa shape index (κ1) is 13.1. The molecule has 3 aromatic carbocycles. The van der Waals surface area contributed by atoms with Crippen LogP contribution >= 0.6 is 0 Å². The Morgan fingerprint density at radius 1 is 0.810 bits per heavy atom. The molecule has 0 spiro atoms. The molecule has 3 aromatic rings. The van der Waals surface area contributed by atoms with E-state index >= 15 is 0 Å². The fraction of sp³-hybridized carbons (Fsp3) is 0. The van der Waals surface area contributed by atoms with Gasteiger partial charge < -0.3 is 10.6 Å². The second-order valence-electron chi connectivity index (χ2n) is 4.61. The zero-order valence-corrected chi connectivity index (χ0v) is 11.1. The van der Waals surface area contributed by atoms with Gasteiger partial charge in [0.2, 0.25) is 0 Å². The Hall–Kier alpha value is -2.88. The molecule has 0 unspecified atom stereocenters. The summed E-state index contributed by atoms with van der Waals surface area (Å²) in [7, 11) is 0. The average Bonchev–Trinajstić information content (AvgIpc) is 2.50. The zero-order chi connectivity index (χ0) is 14.7. The summed E-state index contributed by atoms with van der Waals surface area (Å²) in [5, 5.41) is 7.49. The third-order valence-corrected chi connectivity index (χ3v) is 3.14. The quantitative estimate of drug-likeness (QED) is 0.706. The van der Waals surface area contributed by atoms with Crippen LogP contribution < -0.4 is 10.6 Å². The number of carbonyl (C=O) groups is 1. The maximum absolute atomic E-state index is 12.8. The van der Waals surface area contributed by atoms with Gasteiger partial charge in [0.15, 0.2) is 0 Å². The fourth-order valence-corrected chi connectivity index (χ4v) is 2.15. The number of hydrogen-bond donors (Lipinski definition) is 2. The topological polar surface area (TPSA) is 41.1 Å². The smallest absolute Gasteiger partial charge is 0.308 e. The lowest BCUT2D eigenvalue weighted by Crippen LogP contribution is -2.19. The summed E-state index contributed by atoms with van der Waals surface area (Å²) in [5.41, 5.74) is 1.27. The molecule has 2 N–H and O–H groups in total. The molecule has 0 heterocycles. The Balaban J connectivity index is 1.79. The number of urea groups is 1. The van der Waals surface area contributed by atoms with E-state index in [0.717, 1.165) is 16.5 Å². The molecule has 0 aromatic heterocycles. The largest absolute Gasteiger partial charge is 0.323 e. The highest BCUT2D eigenvalue weighted by Gasteiger charge is 2.05. The molecule has 104 valence electrons. The number of nitrogens with one attached hydrogen (secondary N) is 2. The van der Waals surface area contributed by atoms with Crippen LogP contribution in [0.1, 0.15) is 0 Å². The van der Waals surface area contributed by atoms with Crippen LogP contribution in [-0.4, -0.2) is 6.03 Å². The number of rotatable bonds is 2. The van der Waals surface area contributed by atoms with Gasteiger partial charge in [0, 0.05) is 11.1 Å². The minimum absolute atomic E-state index is 0.338. The first-order valence-corrected chi connectivity index (χ1v) is 6.54. The van der Waals surface area contributed by atoms with Crippen molar-refractivity contribution < 1.29 is 9.18 Å². The van der Waals surface area contributed by atoms with Crippen LogP contribution in [0.5, 0.6) is 0 Å². The van der Waals surface area contributed by atoms with E-state index in [-0.39, 0.29) is 11.8 Å². The first-order chi connectivity index (χ1) is 10.2. The number of carbonyl (C=O) groups excluding carboxylic acids is 1. The van der Waals surface area contributed by atoms with E-state index in [9.17, 15) is 9.18 Å². The normalized spacial score (nSPS) is 10.3. The summed E-state index contributed by atoms with van der Waals surface area (Å²) in [5.74, 6) is -0.338. The van der Waals surface area contributed by atoms with Crippen LogP contribution in [0.4, 0.5) is 20.6 Å². The molecule has 0 atom stereocenters. The van der Waals surface area contributed by atoms with Crippen LogP contribution in [-0.2, 0) is 0 Å².